The zero-order valence-corrected chi connectivity index (χ0v) is 20.2. The molecule has 10 nitrogen and oxygen atoms in total. The fraction of sp³-hybridized carbons (Fsp3) is 0.304. The number of aryl methyl sites for hydroxylation is 2. The molecular formula is C23H24FN5O5S. The lowest BCUT2D eigenvalue weighted by atomic mass is 10.2. The van der Waals surface area contributed by atoms with Gasteiger partial charge in [-0.3, -0.25) is 4.57 Å². The van der Waals surface area contributed by atoms with Crippen LogP contribution in [0.3, 0.4) is 0 Å². The van der Waals surface area contributed by atoms with E-state index in [2.05, 4.69) is 20.2 Å². The number of ether oxygens (including phenoxy) is 2. The maximum absolute atomic E-state index is 13.1. The van der Waals surface area contributed by atoms with Crippen molar-refractivity contribution in [2.75, 3.05) is 20.0 Å². The van der Waals surface area contributed by atoms with Gasteiger partial charge in [-0.25, -0.2) is 22.8 Å². The predicted molar refractivity (Wildman–Crippen MR) is 125 cm³/mol. The Kier molecular flexibility index (Phi) is 7.10. The first-order chi connectivity index (χ1) is 16.8. The van der Waals surface area contributed by atoms with Gasteiger partial charge in [0.25, 0.3) is 0 Å². The third kappa shape index (κ3) is 5.32. The van der Waals surface area contributed by atoms with Crippen LogP contribution in [0.5, 0.6) is 11.5 Å². The minimum atomic E-state index is -3.69. The van der Waals surface area contributed by atoms with Gasteiger partial charge in [-0.05, 0) is 24.3 Å². The van der Waals surface area contributed by atoms with Gasteiger partial charge in [0.05, 0.1) is 32.4 Å². The van der Waals surface area contributed by atoms with Crippen LogP contribution < -0.4 is 9.47 Å². The number of hydrogen-bond donors (Lipinski definition) is 0. The van der Waals surface area contributed by atoms with Crippen LogP contribution >= 0.6 is 0 Å². The number of halogens is 1. The lowest BCUT2D eigenvalue weighted by molar-refractivity contribution is 0.390. The number of furan rings is 1. The Labute approximate surface area is 201 Å². The third-order valence-corrected chi connectivity index (χ3v) is 6.77. The molecular weight excluding hydrogens is 477 g/mol. The molecule has 0 radical (unpaired) electrons. The van der Waals surface area contributed by atoms with Crippen LogP contribution in [0.1, 0.15) is 24.3 Å². The van der Waals surface area contributed by atoms with E-state index in [1.807, 2.05) is 13.0 Å². The number of sulfone groups is 1. The number of nitrogens with zero attached hydrogens (tertiary/aromatic N) is 5. The Morgan fingerprint density at radius 3 is 2.31 bits per heavy atom. The molecule has 0 aliphatic carbocycles. The molecule has 0 fully saturated rings. The van der Waals surface area contributed by atoms with Gasteiger partial charge in [0.15, 0.2) is 27.2 Å². The molecule has 1 aromatic carbocycles. The number of hydrogen-bond acceptors (Lipinski definition) is 9. The Hall–Kier alpha value is -3.80. The van der Waals surface area contributed by atoms with Crippen molar-refractivity contribution in [1.29, 1.82) is 0 Å². The molecule has 0 atom stereocenters. The molecule has 184 valence electrons. The van der Waals surface area contributed by atoms with Crippen molar-refractivity contribution < 1.29 is 26.7 Å². The number of methoxy groups -OCH3 is 2. The molecule has 4 rings (SSSR count). The molecule has 0 bridgehead atoms. The van der Waals surface area contributed by atoms with Crippen LogP contribution in [0.4, 0.5) is 4.39 Å². The average Bonchev–Trinajstić information content (AvgIpc) is 3.49. The SMILES string of the molecule is CCc1ccc(-c2nnc(CS(=O)(=O)CCc3ncc(F)cn3)n2-c2c(OC)cccc2OC)o1. The van der Waals surface area contributed by atoms with E-state index in [1.54, 1.807) is 28.8 Å². The maximum atomic E-state index is 13.1. The zero-order valence-electron chi connectivity index (χ0n) is 19.4. The highest BCUT2D eigenvalue weighted by molar-refractivity contribution is 7.90. The highest BCUT2D eigenvalue weighted by atomic mass is 32.2. The van der Waals surface area contributed by atoms with E-state index in [1.165, 1.54) is 14.2 Å². The topological polar surface area (TPSA) is 122 Å². The normalized spacial score (nSPS) is 11.5. The van der Waals surface area contributed by atoms with Crippen LogP contribution in [0, 0.1) is 5.82 Å². The molecule has 0 unspecified atom stereocenters. The number of rotatable bonds is 10. The monoisotopic (exact) mass is 501 g/mol. The first kappa shape index (κ1) is 24.3. The lowest BCUT2D eigenvalue weighted by Crippen LogP contribution is -2.16. The van der Waals surface area contributed by atoms with Crippen molar-refractivity contribution in [1.82, 2.24) is 24.7 Å². The van der Waals surface area contributed by atoms with E-state index in [9.17, 15) is 12.8 Å². The minimum Gasteiger partial charge on any atom is -0.494 e. The molecule has 0 spiro atoms. The Balaban J connectivity index is 1.76. The van der Waals surface area contributed by atoms with E-state index in [0.717, 1.165) is 18.2 Å². The fourth-order valence-corrected chi connectivity index (χ4v) is 4.75. The van der Waals surface area contributed by atoms with E-state index in [0.29, 0.717) is 35.2 Å². The molecule has 0 aliphatic rings. The van der Waals surface area contributed by atoms with Crippen molar-refractivity contribution in [3.05, 3.63) is 66.0 Å². The minimum absolute atomic E-state index is 0.0274. The highest BCUT2D eigenvalue weighted by Gasteiger charge is 2.27. The van der Waals surface area contributed by atoms with Crippen LogP contribution in [0.15, 0.2) is 47.1 Å². The number of para-hydroxylation sites is 1. The first-order valence-electron chi connectivity index (χ1n) is 10.8. The predicted octanol–water partition coefficient (Wildman–Crippen LogP) is 3.19. The van der Waals surface area contributed by atoms with Crippen molar-refractivity contribution >= 4 is 9.84 Å². The fourth-order valence-electron chi connectivity index (χ4n) is 3.53. The number of benzene rings is 1. The molecule has 3 heterocycles. The summed E-state index contributed by atoms with van der Waals surface area (Å²) >= 11 is 0. The molecule has 0 saturated carbocycles. The van der Waals surface area contributed by atoms with Crippen LogP contribution in [0.25, 0.3) is 17.3 Å². The van der Waals surface area contributed by atoms with Crippen molar-refractivity contribution in [3.8, 4) is 28.8 Å². The standard InChI is InChI=1S/C23H24FN5O5S/c1-4-16-8-9-19(34-16)23-28-27-21(29(23)22-17(32-2)6-5-7-18(22)33-3)14-35(30,31)11-10-20-25-12-15(24)13-26-20/h5-9,12-13H,4,10-11,14H2,1-3H3. The zero-order chi connectivity index (χ0) is 25.0. The first-order valence-corrected chi connectivity index (χ1v) is 12.6. The van der Waals surface area contributed by atoms with Crippen LogP contribution in [0.2, 0.25) is 0 Å². The summed E-state index contributed by atoms with van der Waals surface area (Å²) in [5.74, 6) is 1.45. The Morgan fingerprint density at radius 1 is 1.03 bits per heavy atom. The average molecular weight is 502 g/mol. The van der Waals surface area contributed by atoms with Gasteiger partial charge in [-0.2, -0.15) is 0 Å². The summed E-state index contributed by atoms with van der Waals surface area (Å²) in [4.78, 5) is 7.65. The molecule has 3 aromatic heterocycles. The van der Waals surface area contributed by atoms with Gasteiger partial charge in [-0.15, -0.1) is 10.2 Å². The molecule has 0 aliphatic heterocycles. The van der Waals surface area contributed by atoms with Gasteiger partial charge < -0.3 is 13.9 Å². The molecule has 0 amide bonds. The van der Waals surface area contributed by atoms with Crippen LogP contribution in [-0.4, -0.2) is 53.1 Å². The second-order valence-electron chi connectivity index (χ2n) is 7.57. The summed E-state index contributed by atoms with van der Waals surface area (Å²) < 4.78 is 57.7. The largest absolute Gasteiger partial charge is 0.494 e. The Morgan fingerprint density at radius 2 is 1.71 bits per heavy atom. The van der Waals surface area contributed by atoms with E-state index in [-0.39, 0.29) is 23.8 Å². The summed E-state index contributed by atoms with van der Waals surface area (Å²) in [7, 11) is -0.683. The van der Waals surface area contributed by atoms with E-state index >= 15 is 0 Å². The second-order valence-corrected chi connectivity index (χ2v) is 9.75. The third-order valence-electron chi connectivity index (χ3n) is 5.25. The second kappa shape index (κ2) is 10.2. The summed E-state index contributed by atoms with van der Waals surface area (Å²) in [6.07, 6.45) is 2.71. The molecule has 4 aromatic rings. The lowest BCUT2D eigenvalue weighted by Gasteiger charge is -2.16. The van der Waals surface area contributed by atoms with Crippen molar-refractivity contribution in [3.63, 3.8) is 0 Å². The smallest absolute Gasteiger partial charge is 0.204 e. The maximum Gasteiger partial charge on any atom is 0.204 e. The summed E-state index contributed by atoms with van der Waals surface area (Å²) in [5, 5.41) is 8.44. The molecule has 35 heavy (non-hydrogen) atoms. The molecule has 0 N–H and O–H groups in total. The van der Waals surface area contributed by atoms with Gasteiger partial charge in [-0.1, -0.05) is 13.0 Å². The van der Waals surface area contributed by atoms with Gasteiger partial charge in [0.2, 0.25) is 5.82 Å². The summed E-state index contributed by atoms with van der Waals surface area (Å²) in [6, 6.07) is 8.79. The molecule has 12 heteroatoms. The summed E-state index contributed by atoms with van der Waals surface area (Å²) in [5.41, 5.74) is 0.444. The molecule has 0 saturated heterocycles. The van der Waals surface area contributed by atoms with Gasteiger partial charge in [0, 0.05) is 12.8 Å². The van der Waals surface area contributed by atoms with Gasteiger partial charge >= 0.3 is 0 Å². The quantitative estimate of drug-likeness (QED) is 0.322. The van der Waals surface area contributed by atoms with E-state index < -0.39 is 21.4 Å². The van der Waals surface area contributed by atoms with Crippen LogP contribution in [-0.2, 0) is 28.4 Å². The van der Waals surface area contributed by atoms with E-state index in [4.69, 9.17) is 13.9 Å². The Bertz CT molecular complexity index is 1390. The summed E-state index contributed by atoms with van der Waals surface area (Å²) in [6.45, 7) is 1.96. The van der Waals surface area contributed by atoms with Crippen molar-refractivity contribution in [2.24, 2.45) is 0 Å². The van der Waals surface area contributed by atoms with Gasteiger partial charge in [0.1, 0.15) is 34.5 Å². The van der Waals surface area contributed by atoms with Crippen molar-refractivity contribution in [2.45, 2.75) is 25.5 Å². The number of aromatic nitrogens is 5. The highest BCUT2D eigenvalue weighted by Crippen LogP contribution is 2.37.